The molecule has 0 fully saturated rings. The highest BCUT2D eigenvalue weighted by Gasteiger charge is 2.52. The number of hydrogen-bond donors (Lipinski definition) is 6. The molecule has 5 bridgehead atoms. The van der Waals surface area contributed by atoms with Crippen molar-refractivity contribution in [2.75, 3.05) is 0 Å². The van der Waals surface area contributed by atoms with E-state index in [1.807, 2.05) is 13.8 Å². The Hall–Kier alpha value is -4.75. The van der Waals surface area contributed by atoms with E-state index in [1.165, 1.54) is 40.0 Å². The van der Waals surface area contributed by atoms with Gasteiger partial charge in [0.05, 0.1) is 41.0 Å². The molecule has 1 aromatic rings. The Balaban J connectivity index is 1.84. The summed E-state index contributed by atoms with van der Waals surface area (Å²) in [5.41, 5.74) is 4.32. The van der Waals surface area contributed by atoms with Crippen molar-refractivity contribution in [1.29, 1.82) is 5.41 Å². The minimum absolute atomic E-state index is 0.0479. The molecule has 50 heavy (non-hydrogen) atoms. The number of hydrogen-bond acceptors (Lipinski definition) is 12. The normalized spacial score (nSPS) is 34.7. The molecule has 0 aromatic heterocycles. The van der Waals surface area contributed by atoms with Gasteiger partial charge in [-0.3, -0.25) is 24.6 Å². The van der Waals surface area contributed by atoms with Gasteiger partial charge in [0.2, 0.25) is 5.78 Å². The zero-order valence-corrected chi connectivity index (χ0v) is 29.8. The van der Waals surface area contributed by atoms with Crippen LogP contribution < -0.4 is 15.8 Å². The van der Waals surface area contributed by atoms with E-state index in [0.717, 1.165) is 0 Å². The van der Waals surface area contributed by atoms with Gasteiger partial charge in [0.25, 0.3) is 11.7 Å². The molecule has 1 aliphatic carbocycles. The average molecular weight is 694 g/mol. The molecule has 4 aliphatic rings. The molecule has 1 unspecified atom stereocenters. The number of Topliss-reactive ketones (excluding diaryl/α,β-unsaturated/α-hetero) is 2. The largest absolute Gasteiger partial charge is 0.507 e. The van der Waals surface area contributed by atoms with E-state index in [0.29, 0.717) is 0 Å². The van der Waals surface area contributed by atoms with Crippen LogP contribution in [0.3, 0.4) is 0 Å². The number of allylic oxidation sites excluding steroid dienone is 5. The van der Waals surface area contributed by atoms with Crippen LogP contribution in [0.15, 0.2) is 47.5 Å². The van der Waals surface area contributed by atoms with E-state index < -0.39 is 88.2 Å². The number of nitrogens with two attached hydrogens (primary N) is 1. The molecule has 1 aromatic carbocycles. The molecule has 9 atom stereocenters. The number of carbonyl (C=O) groups excluding carboxylic acids is 4. The molecule has 1 amide bonds. The number of amides is 1. The maximum Gasteiger partial charge on any atom is 0.312 e. The second-order valence-electron chi connectivity index (χ2n) is 13.8. The maximum absolute atomic E-state index is 14.0. The molecule has 270 valence electrons. The lowest BCUT2D eigenvalue weighted by molar-refractivity contribution is -0.158. The summed E-state index contributed by atoms with van der Waals surface area (Å²) in [5, 5.41) is 45.0. The molecular weight excluding hydrogens is 646 g/mol. The summed E-state index contributed by atoms with van der Waals surface area (Å²) in [4.78, 5) is 53.1. The molecule has 13 nitrogen and oxygen atoms in total. The van der Waals surface area contributed by atoms with Gasteiger partial charge in [0.15, 0.2) is 0 Å². The van der Waals surface area contributed by atoms with Gasteiger partial charge in [0.1, 0.15) is 23.3 Å². The summed E-state index contributed by atoms with van der Waals surface area (Å²) < 4.78 is 17.6. The summed E-state index contributed by atoms with van der Waals surface area (Å²) in [7, 11) is 0. The van der Waals surface area contributed by atoms with Crippen LogP contribution in [0, 0.1) is 41.9 Å². The Morgan fingerprint density at radius 1 is 0.960 bits per heavy atom. The Morgan fingerprint density at radius 2 is 1.60 bits per heavy atom. The van der Waals surface area contributed by atoms with Crippen LogP contribution in [0.2, 0.25) is 0 Å². The molecule has 3 aliphatic heterocycles. The van der Waals surface area contributed by atoms with Crippen molar-refractivity contribution in [2.45, 2.75) is 86.4 Å². The standard InChI is InChI=1S/C37H47N3O10/c1-15-13-14-48-37(9)35(46)25-23-24(31(44)21(7)34(25)50-37)32(45)28(27(39)26(23)38)40-36(47)17(3)12-10-11-16(2)29(42)19(5)30(43)20(6)33(18(15)4)49-22(8)41/h10-16,18-20,29-30,33,38,42-44H,39H2,1-9H3,(H,40,47)/b11-10+,14-13+,17-12-,38-26?/t15?,16-,18+,19+,20+,29-,30+,33+,37-/m0/s1. The number of aliphatic hydroxyl groups is 2. The van der Waals surface area contributed by atoms with Gasteiger partial charge >= 0.3 is 11.8 Å². The molecule has 0 saturated heterocycles. The number of ether oxygens (including phenoxy) is 3. The van der Waals surface area contributed by atoms with Crippen molar-refractivity contribution in [1.82, 2.24) is 5.32 Å². The van der Waals surface area contributed by atoms with E-state index in [4.69, 9.17) is 25.4 Å². The predicted octanol–water partition coefficient (Wildman–Crippen LogP) is 3.72. The van der Waals surface area contributed by atoms with Crippen molar-refractivity contribution in [3.05, 3.63) is 69.8 Å². The number of phenolic OH excluding ortho intramolecular Hbond substituents is 1. The first-order chi connectivity index (χ1) is 23.2. The maximum atomic E-state index is 14.0. The fourth-order valence-electron chi connectivity index (χ4n) is 6.62. The first-order valence-corrected chi connectivity index (χ1v) is 16.6. The van der Waals surface area contributed by atoms with Gasteiger partial charge in [-0.2, -0.15) is 0 Å². The first kappa shape index (κ1) is 38.1. The van der Waals surface area contributed by atoms with Crippen LogP contribution in [0.5, 0.6) is 11.5 Å². The number of ketones is 2. The van der Waals surface area contributed by atoms with Crippen LogP contribution in [-0.4, -0.2) is 68.6 Å². The summed E-state index contributed by atoms with van der Waals surface area (Å²) in [6.45, 7) is 14.4. The van der Waals surface area contributed by atoms with E-state index in [9.17, 15) is 34.5 Å². The number of phenols is 1. The van der Waals surface area contributed by atoms with Crippen LogP contribution in [0.1, 0.15) is 87.2 Å². The number of rotatable bonds is 1. The van der Waals surface area contributed by atoms with Gasteiger partial charge in [-0.25, -0.2) is 0 Å². The highest BCUT2D eigenvalue weighted by atomic mass is 16.7. The zero-order chi connectivity index (χ0) is 37.6. The lowest BCUT2D eigenvalue weighted by atomic mass is 9.77. The summed E-state index contributed by atoms with van der Waals surface area (Å²) >= 11 is 0. The second-order valence-corrected chi connectivity index (χ2v) is 13.8. The molecule has 3 heterocycles. The third-order valence-electron chi connectivity index (χ3n) is 10.2. The van der Waals surface area contributed by atoms with E-state index in [1.54, 1.807) is 39.0 Å². The zero-order valence-electron chi connectivity index (χ0n) is 29.8. The summed E-state index contributed by atoms with van der Waals surface area (Å²) in [6.07, 6.45) is 4.73. The number of fused-ring (bicyclic) bond motifs is 14. The Bertz CT molecular complexity index is 1760. The fourth-order valence-corrected chi connectivity index (χ4v) is 6.62. The predicted molar refractivity (Wildman–Crippen MR) is 183 cm³/mol. The second kappa shape index (κ2) is 14.2. The fraction of sp³-hybridized carbons (Fsp3) is 0.486. The number of aromatic hydroxyl groups is 1. The monoisotopic (exact) mass is 693 g/mol. The number of aliphatic hydroxyl groups excluding tert-OH is 2. The van der Waals surface area contributed by atoms with E-state index >= 15 is 0 Å². The lowest BCUT2D eigenvalue weighted by Gasteiger charge is -2.37. The highest BCUT2D eigenvalue weighted by Crippen LogP contribution is 2.48. The smallest absolute Gasteiger partial charge is 0.312 e. The number of nitrogens with one attached hydrogen (secondary N) is 2. The third-order valence-corrected chi connectivity index (χ3v) is 10.2. The van der Waals surface area contributed by atoms with Gasteiger partial charge < -0.3 is 40.6 Å². The summed E-state index contributed by atoms with van der Waals surface area (Å²) in [6, 6.07) is 0. The number of carbonyl (C=O) groups is 4. The van der Waals surface area contributed by atoms with E-state index in [2.05, 4.69) is 5.32 Å². The molecule has 13 heteroatoms. The number of benzene rings is 1. The Morgan fingerprint density at radius 3 is 2.22 bits per heavy atom. The van der Waals surface area contributed by atoms with Crippen LogP contribution in [0.4, 0.5) is 0 Å². The van der Waals surface area contributed by atoms with Crippen molar-refractivity contribution >= 4 is 29.2 Å². The molecule has 7 N–H and O–H groups in total. The van der Waals surface area contributed by atoms with Crippen LogP contribution in [-0.2, 0) is 19.1 Å². The minimum Gasteiger partial charge on any atom is -0.507 e. The number of esters is 1. The molecule has 5 rings (SSSR count). The quantitative estimate of drug-likeness (QED) is 0.233. The van der Waals surface area contributed by atoms with Gasteiger partial charge in [-0.05, 0) is 31.8 Å². The first-order valence-electron chi connectivity index (χ1n) is 16.6. The van der Waals surface area contributed by atoms with Crippen molar-refractivity contribution in [2.24, 2.45) is 35.3 Å². The Kier molecular flexibility index (Phi) is 10.8. The van der Waals surface area contributed by atoms with Gasteiger partial charge in [0, 0.05) is 48.3 Å². The molecule has 0 spiro atoms. The van der Waals surface area contributed by atoms with Crippen molar-refractivity contribution in [3.8, 4) is 11.5 Å². The molecule has 0 saturated carbocycles. The van der Waals surface area contributed by atoms with Gasteiger partial charge in [-0.1, -0.05) is 52.8 Å². The Labute approximate surface area is 291 Å². The van der Waals surface area contributed by atoms with Crippen molar-refractivity contribution in [3.63, 3.8) is 0 Å². The van der Waals surface area contributed by atoms with E-state index in [-0.39, 0.29) is 45.4 Å². The van der Waals surface area contributed by atoms with Crippen molar-refractivity contribution < 1.29 is 48.7 Å². The average Bonchev–Trinajstić information content (AvgIpc) is 3.33. The summed E-state index contributed by atoms with van der Waals surface area (Å²) in [5.74, 6) is -7.90. The topological polar surface area (TPSA) is 219 Å². The van der Waals surface area contributed by atoms with Crippen LogP contribution >= 0.6 is 0 Å². The molecule has 0 radical (unpaired) electrons. The lowest BCUT2D eigenvalue weighted by Crippen LogP contribution is -2.45. The third kappa shape index (κ3) is 6.71. The SMILES string of the molecule is CC(=O)O[C@H]1[C@H](C)[C@H](O)[C@H](C)[C@@H](O)[C@@H](C)/C=C/C=C(/C)C(=O)NC2=C(N)C(=N)c3c(c(O)c(C)c4c3C(=O)[C@@](C)(O/C=C/C(C)[C@H]1C)O4)C2=O. The molecular formula is C37H47N3O10. The van der Waals surface area contributed by atoms with Gasteiger partial charge in [-0.15, -0.1) is 0 Å². The highest BCUT2D eigenvalue weighted by molar-refractivity contribution is 6.33. The minimum atomic E-state index is -1.96. The van der Waals surface area contributed by atoms with Crippen LogP contribution in [0.25, 0.3) is 0 Å².